The first kappa shape index (κ1) is 101. The first-order valence-corrected chi connectivity index (χ1v) is 45.4. The topological polar surface area (TPSA) is 548 Å². The molecule has 0 aliphatic carbocycles. The fraction of sp³-hybridized carbons (Fsp3) is 0. The number of amides is 15. The normalized spacial score (nSPS) is 10.6. The van der Waals surface area contributed by atoms with Crippen LogP contribution in [-0.2, 0) is 0 Å². The van der Waals surface area contributed by atoms with Crippen LogP contribution in [0.25, 0.3) is 0 Å². The highest BCUT2D eigenvalue weighted by Crippen LogP contribution is 2.28. The van der Waals surface area contributed by atoms with Crippen LogP contribution in [0.2, 0.25) is 0 Å². The van der Waals surface area contributed by atoms with Crippen molar-refractivity contribution < 1.29 is 102 Å². The second-order valence-corrected chi connectivity index (χ2v) is 33.2. The Kier molecular flexibility index (Phi) is 31.1. The molecule has 36 heteroatoms. The Morgan fingerprint density at radius 2 is 0.167 bits per heavy atom. The number of carboxylic acid groups (broad SMARTS) is 3. The van der Waals surface area contributed by atoms with E-state index in [0.717, 1.165) is 0 Å². The molecule has 0 aliphatic rings. The highest BCUT2D eigenvalue weighted by molar-refractivity contribution is 6.17. The van der Waals surface area contributed by atoms with Gasteiger partial charge in [-0.15, -0.1) is 0 Å². The van der Waals surface area contributed by atoms with Crippen LogP contribution in [0.1, 0.15) is 186 Å². The minimum atomic E-state index is -1.10. The van der Waals surface area contributed by atoms with E-state index in [1.165, 1.54) is 346 Å². The van der Waals surface area contributed by atoms with Crippen LogP contribution in [0.4, 0.5) is 85.3 Å². The predicted molar refractivity (Wildman–Crippen MR) is 563 cm³/mol. The van der Waals surface area contributed by atoms with Gasteiger partial charge in [-0.1, -0.05) is 0 Å². The highest BCUT2D eigenvalue weighted by atomic mass is 16.4. The molecule has 0 bridgehead atoms. The first-order chi connectivity index (χ1) is 72.3. The average Bonchev–Trinajstić information content (AvgIpc) is 0.807. The van der Waals surface area contributed by atoms with E-state index in [1.807, 2.05) is 0 Å². The standard InChI is InChI=1S/C114H81N15O21/c130-97(115-82-31-1-64(2-32-82)100(133)118-88-43-13-70(14-44-88)106(139)124-94-55-25-76(26-56-94)112(145)146)67-7-37-85(38-8-67)121-103(136)73-19-49-91(50-20-73)127-109(142)79-61-80(110(143)128-92-51-21-74(22-52-92)104(137)122-86-39-9-68(10-40-86)98(131)116-83-33-3-65(4-34-83)101(134)119-89-45-15-71(16-46-89)107(140)125-95-57-27-77(28-58-95)113(147)148)63-81(62-79)111(144)129-93-53-23-75(24-54-93)105(138)123-87-41-11-69(12-42-87)99(132)117-84-35-5-66(6-36-84)102(135)120-90-47-17-72(18-48-90)108(141)126-96-59-29-78(30-60-96)114(149)150/h1-63H,(H,115,130)(H,116,131)(H,117,132)(H,118,133)(H,119,134)(H,120,135)(H,121,136)(H,122,137)(H,123,138)(H,124,139)(H,125,140)(H,126,141)(H,127,142)(H,128,143)(H,129,144)(H,145,146)(H,147,148)(H,149,150). The third-order valence-electron chi connectivity index (χ3n) is 22.7. The molecule has 0 saturated heterocycles. The van der Waals surface area contributed by atoms with E-state index >= 15 is 0 Å². The summed E-state index contributed by atoms with van der Waals surface area (Å²) in [4.78, 5) is 236. The zero-order valence-corrected chi connectivity index (χ0v) is 78.1. The van der Waals surface area contributed by atoms with E-state index in [9.17, 15) is 86.3 Å². The van der Waals surface area contributed by atoms with Gasteiger partial charge in [0.25, 0.3) is 88.6 Å². The second-order valence-electron chi connectivity index (χ2n) is 33.2. The number of hydrogen-bond donors (Lipinski definition) is 18. The summed E-state index contributed by atoms with van der Waals surface area (Å²) in [5.41, 5.74) is 7.47. The number of carbonyl (C=O) groups is 18. The predicted octanol–water partition coefficient (Wildman–Crippen LogP) is 19.6. The maximum atomic E-state index is 14.4. The number of rotatable bonds is 33. The van der Waals surface area contributed by atoms with Gasteiger partial charge in [0, 0.05) is 169 Å². The van der Waals surface area contributed by atoms with Crippen molar-refractivity contribution in [1.29, 1.82) is 0 Å². The van der Waals surface area contributed by atoms with Crippen LogP contribution < -0.4 is 79.8 Å². The molecule has 738 valence electrons. The lowest BCUT2D eigenvalue weighted by molar-refractivity contribution is 0.0686. The Morgan fingerprint density at radius 3 is 0.240 bits per heavy atom. The third-order valence-corrected chi connectivity index (χ3v) is 22.7. The molecule has 36 nitrogen and oxygen atoms in total. The monoisotopic (exact) mass is 2000 g/mol. The fourth-order valence-corrected chi connectivity index (χ4v) is 14.6. The van der Waals surface area contributed by atoms with E-state index in [-0.39, 0.29) is 117 Å². The van der Waals surface area contributed by atoms with E-state index in [0.29, 0.717) is 68.2 Å². The average molecular weight is 2000 g/mol. The van der Waals surface area contributed by atoms with Gasteiger partial charge < -0.3 is 95.1 Å². The molecule has 16 aromatic rings. The Balaban J connectivity index is 0.520. The Morgan fingerprint density at radius 1 is 0.100 bits per heavy atom. The number of hydrogen-bond acceptors (Lipinski definition) is 18. The minimum Gasteiger partial charge on any atom is -0.478 e. The van der Waals surface area contributed by atoms with E-state index in [1.54, 1.807) is 36.4 Å². The molecule has 16 rings (SSSR count). The van der Waals surface area contributed by atoms with Crippen molar-refractivity contribution >= 4 is 192 Å². The Hall–Kier alpha value is -22.0. The van der Waals surface area contributed by atoms with Crippen molar-refractivity contribution in [2.75, 3.05) is 79.8 Å². The molecule has 0 unspecified atom stereocenters. The largest absolute Gasteiger partial charge is 0.478 e. The molecule has 0 saturated carbocycles. The number of carbonyl (C=O) groups excluding carboxylic acids is 15. The Labute approximate surface area is 850 Å². The van der Waals surface area contributed by atoms with Gasteiger partial charge in [0.15, 0.2) is 0 Å². The molecule has 0 aliphatic heterocycles. The van der Waals surface area contributed by atoms with Gasteiger partial charge in [-0.25, -0.2) is 14.4 Å². The summed E-state index contributed by atoms with van der Waals surface area (Å²) in [6.45, 7) is 0. The summed E-state index contributed by atoms with van der Waals surface area (Å²) in [6, 6.07) is 92.5. The van der Waals surface area contributed by atoms with Gasteiger partial charge >= 0.3 is 17.9 Å². The highest BCUT2D eigenvalue weighted by Gasteiger charge is 2.24. The van der Waals surface area contributed by atoms with Gasteiger partial charge in [-0.2, -0.15) is 0 Å². The van der Waals surface area contributed by atoms with Crippen LogP contribution in [0, 0.1) is 0 Å². The zero-order chi connectivity index (χ0) is 106. The third kappa shape index (κ3) is 26.6. The first-order valence-electron chi connectivity index (χ1n) is 45.4. The SMILES string of the molecule is O=C(O)c1ccc(NC(=O)c2ccc(NC(=O)c3ccc(NC(=O)c4ccc(NC(=O)c5ccc(NC(=O)c6cc(C(=O)Nc7ccc(C(=O)Nc8ccc(C(=O)Nc9ccc(C(=O)Nc%10ccc(C(=O)Nc%11ccc(C(=O)O)cc%11)cc%10)cc9)cc8)cc7)cc(C(=O)Nc7ccc(C(=O)Nc8ccc(C(=O)Nc9ccc(C(=O)Nc%10ccc(C(=O)Nc%11ccc(C(=O)O)cc%11)cc%10)cc9)cc8)cc7)c6)cc5)cc4)cc3)cc2)cc1. The molecule has 0 heterocycles. The molecule has 18 N–H and O–H groups in total. The van der Waals surface area contributed by atoms with Gasteiger partial charge in [-0.05, 0) is 382 Å². The zero-order valence-electron chi connectivity index (χ0n) is 78.1. The summed E-state index contributed by atoms with van der Waals surface area (Å²) < 4.78 is 0. The molecule has 0 spiro atoms. The van der Waals surface area contributed by atoms with Crippen molar-refractivity contribution in [3.8, 4) is 0 Å². The van der Waals surface area contributed by atoms with Crippen molar-refractivity contribution in [3.63, 3.8) is 0 Å². The summed E-state index contributed by atoms with van der Waals surface area (Å²) in [6.07, 6.45) is 0. The van der Waals surface area contributed by atoms with Crippen molar-refractivity contribution in [2.45, 2.75) is 0 Å². The van der Waals surface area contributed by atoms with Crippen LogP contribution in [0.3, 0.4) is 0 Å². The molecular formula is C114H81N15O21. The van der Waals surface area contributed by atoms with Crippen molar-refractivity contribution in [1.82, 2.24) is 0 Å². The summed E-state index contributed by atoms with van der Waals surface area (Å²) in [7, 11) is 0. The summed E-state index contributed by atoms with van der Waals surface area (Å²) in [5, 5.41) is 68.6. The van der Waals surface area contributed by atoms with Gasteiger partial charge in [0.05, 0.1) is 16.7 Å². The number of carboxylic acids is 3. The van der Waals surface area contributed by atoms with E-state index in [4.69, 9.17) is 15.3 Å². The molecule has 150 heavy (non-hydrogen) atoms. The second kappa shape index (κ2) is 46.1. The molecule has 16 aromatic carbocycles. The lowest BCUT2D eigenvalue weighted by atomic mass is 10.0. The maximum absolute atomic E-state index is 14.4. The summed E-state index contributed by atoms with van der Waals surface area (Å²) >= 11 is 0. The number of anilines is 15. The van der Waals surface area contributed by atoms with Gasteiger partial charge in [0.1, 0.15) is 0 Å². The smallest absolute Gasteiger partial charge is 0.335 e. The van der Waals surface area contributed by atoms with E-state index in [2.05, 4.69) is 79.8 Å². The maximum Gasteiger partial charge on any atom is 0.335 e. The fourth-order valence-electron chi connectivity index (χ4n) is 14.6. The molecule has 0 fully saturated rings. The Bertz CT molecular complexity index is 7230. The van der Waals surface area contributed by atoms with Crippen LogP contribution in [0.5, 0.6) is 0 Å². The van der Waals surface area contributed by atoms with Crippen LogP contribution in [0.15, 0.2) is 382 Å². The number of aromatic carboxylic acids is 3. The van der Waals surface area contributed by atoms with Gasteiger partial charge in [-0.3, -0.25) is 71.9 Å². The molecular weight excluding hydrogens is 1920 g/mol. The minimum absolute atomic E-state index is 0.0644. The molecule has 15 amide bonds. The number of nitrogens with one attached hydrogen (secondary N) is 15. The number of benzene rings is 16. The molecule has 0 radical (unpaired) electrons. The van der Waals surface area contributed by atoms with Crippen molar-refractivity contribution in [3.05, 3.63) is 482 Å². The van der Waals surface area contributed by atoms with E-state index < -0.39 is 107 Å². The van der Waals surface area contributed by atoms with Crippen LogP contribution in [-0.4, -0.2) is 122 Å². The molecule has 0 aromatic heterocycles. The summed E-state index contributed by atoms with van der Waals surface area (Å²) in [5.74, 6) is -11.6. The quantitative estimate of drug-likeness (QED) is 0.0182. The lowest BCUT2D eigenvalue weighted by Gasteiger charge is -2.13. The van der Waals surface area contributed by atoms with Crippen molar-refractivity contribution in [2.24, 2.45) is 0 Å². The lowest BCUT2D eigenvalue weighted by Crippen LogP contribution is -2.19. The van der Waals surface area contributed by atoms with Crippen LogP contribution >= 0.6 is 0 Å². The van der Waals surface area contributed by atoms with Gasteiger partial charge in [0.2, 0.25) is 0 Å². The molecule has 0 atom stereocenters.